The number of amides is 2. The van der Waals surface area contributed by atoms with Crippen LogP contribution < -0.4 is 10.6 Å². The molecule has 11 heteroatoms. The van der Waals surface area contributed by atoms with Gasteiger partial charge in [-0.2, -0.15) is 18.2 Å². The highest BCUT2D eigenvalue weighted by Crippen LogP contribution is 2.13. The third-order valence-corrected chi connectivity index (χ3v) is 2.20. The SMILES string of the molecule is O=C(NCC(F)(F)F)c1coc(NC(=O)c2cnccn2)n1. The first-order chi connectivity index (χ1) is 10.3. The molecule has 2 heterocycles. The quantitative estimate of drug-likeness (QED) is 0.871. The lowest BCUT2D eigenvalue weighted by Crippen LogP contribution is -2.33. The molecule has 0 aliphatic rings. The molecule has 0 fully saturated rings. The number of carbonyl (C=O) groups excluding carboxylic acids is 2. The van der Waals surface area contributed by atoms with Gasteiger partial charge in [-0.3, -0.25) is 19.9 Å². The molecular weight excluding hydrogens is 307 g/mol. The topological polar surface area (TPSA) is 110 Å². The van der Waals surface area contributed by atoms with Crippen molar-refractivity contribution in [3.8, 4) is 0 Å². The van der Waals surface area contributed by atoms with Gasteiger partial charge < -0.3 is 9.73 Å². The molecular formula is C11H8F3N5O3. The van der Waals surface area contributed by atoms with E-state index in [0.29, 0.717) is 0 Å². The fourth-order valence-corrected chi connectivity index (χ4v) is 1.28. The molecule has 0 saturated carbocycles. The summed E-state index contributed by atoms with van der Waals surface area (Å²) in [7, 11) is 0. The van der Waals surface area contributed by atoms with Crippen molar-refractivity contribution in [1.29, 1.82) is 0 Å². The Bertz CT molecular complexity index is 671. The average molecular weight is 315 g/mol. The van der Waals surface area contributed by atoms with Crippen LogP contribution in [0.3, 0.4) is 0 Å². The van der Waals surface area contributed by atoms with Crippen molar-refractivity contribution < 1.29 is 27.2 Å². The summed E-state index contributed by atoms with van der Waals surface area (Å²) >= 11 is 0. The van der Waals surface area contributed by atoms with E-state index in [4.69, 9.17) is 4.42 Å². The summed E-state index contributed by atoms with van der Waals surface area (Å²) < 4.78 is 40.7. The van der Waals surface area contributed by atoms with Gasteiger partial charge in [-0.15, -0.1) is 0 Å². The van der Waals surface area contributed by atoms with Crippen LogP contribution in [0.15, 0.2) is 29.3 Å². The molecule has 0 aromatic carbocycles. The third-order valence-electron chi connectivity index (χ3n) is 2.20. The van der Waals surface area contributed by atoms with Gasteiger partial charge in [0.05, 0.1) is 6.20 Å². The Morgan fingerprint density at radius 1 is 1.18 bits per heavy atom. The molecule has 0 spiro atoms. The van der Waals surface area contributed by atoms with E-state index in [1.165, 1.54) is 18.6 Å². The van der Waals surface area contributed by atoms with Crippen LogP contribution in [-0.4, -0.2) is 39.5 Å². The molecule has 0 atom stereocenters. The van der Waals surface area contributed by atoms with Crippen molar-refractivity contribution >= 4 is 17.8 Å². The second kappa shape index (κ2) is 6.20. The van der Waals surface area contributed by atoms with Gasteiger partial charge in [0.15, 0.2) is 5.69 Å². The molecule has 0 unspecified atom stereocenters. The van der Waals surface area contributed by atoms with Gasteiger partial charge in [-0.1, -0.05) is 0 Å². The van der Waals surface area contributed by atoms with Crippen molar-refractivity contribution in [3.63, 3.8) is 0 Å². The van der Waals surface area contributed by atoms with E-state index in [1.54, 1.807) is 5.32 Å². The van der Waals surface area contributed by atoms with Crippen molar-refractivity contribution in [3.05, 3.63) is 36.2 Å². The molecule has 0 bridgehead atoms. The van der Waals surface area contributed by atoms with E-state index in [-0.39, 0.29) is 11.7 Å². The standard InChI is InChI=1S/C11H8F3N5O3/c12-11(13,14)5-17-8(20)7-4-22-10(18-7)19-9(21)6-3-15-1-2-16-6/h1-4H,5H2,(H,17,20)(H,18,19,21). The van der Waals surface area contributed by atoms with Gasteiger partial charge in [0.25, 0.3) is 11.8 Å². The fourth-order valence-electron chi connectivity index (χ4n) is 1.28. The van der Waals surface area contributed by atoms with E-state index < -0.39 is 30.2 Å². The highest BCUT2D eigenvalue weighted by atomic mass is 19.4. The summed E-state index contributed by atoms with van der Waals surface area (Å²) in [6.45, 7) is -1.50. The number of carbonyl (C=O) groups is 2. The average Bonchev–Trinajstić information content (AvgIpc) is 2.93. The van der Waals surface area contributed by atoms with E-state index in [2.05, 4.69) is 20.3 Å². The first kappa shape index (κ1) is 15.4. The second-order valence-corrected chi connectivity index (χ2v) is 3.88. The monoisotopic (exact) mass is 315 g/mol. The second-order valence-electron chi connectivity index (χ2n) is 3.88. The Morgan fingerprint density at radius 3 is 2.59 bits per heavy atom. The lowest BCUT2D eigenvalue weighted by atomic mass is 10.4. The van der Waals surface area contributed by atoms with E-state index in [1.807, 2.05) is 0 Å². The number of rotatable bonds is 4. The zero-order valence-electron chi connectivity index (χ0n) is 10.7. The molecule has 22 heavy (non-hydrogen) atoms. The van der Waals surface area contributed by atoms with Crippen molar-refractivity contribution in [2.45, 2.75) is 6.18 Å². The highest BCUT2D eigenvalue weighted by molar-refractivity contribution is 6.01. The Balaban J connectivity index is 1.97. The highest BCUT2D eigenvalue weighted by Gasteiger charge is 2.28. The van der Waals surface area contributed by atoms with Gasteiger partial charge in [0.2, 0.25) is 0 Å². The Labute approximate surface area is 120 Å². The van der Waals surface area contributed by atoms with Gasteiger partial charge in [0, 0.05) is 12.4 Å². The number of halogens is 3. The van der Waals surface area contributed by atoms with Crippen LogP contribution in [0.1, 0.15) is 21.0 Å². The number of hydrogen-bond donors (Lipinski definition) is 2. The van der Waals surface area contributed by atoms with Gasteiger partial charge >= 0.3 is 12.2 Å². The van der Waals surface area contributed by atoms with Crippen molar-refractivity contribution in [2.75, 3.05) is 11.9 Å². The first-order valence-electron chi connectivity index (χ1n) is 5.73. The van der Waals surface area contributed by atoms with Gasteiger partial charge in [-0.05, 0) is 0 Å². The minimum atomic E-state index is -4.54. The molecule has 0 aliphatic heterocycles. The van der Waals surface area contributed by atoms with Crippen molar-refractivity contribution in [1.82, 2.24) is 20.3 Å². The van der Waals surface area contributed by atoms with E-state index in [0.717, 1.165) is 6.26 Å². The van der Waals surface area contributed by atoms with Gasteiger partial charge in [-0.25, -0.2) is 4.98 Å². The molecule has 8 nitrogen and oxygen atoms in total. The summed E-state index contributed by atoms with van der Waals surface area (Å²) in [6, 6.07) is -0.354. The summed E-state index contributed by atoms with van der Waals surface area (Å²) in [5.41, 5.74) is -0.428. The largest absolute Gasteiger partial charge is 0.431 e. The van der Waals surface area contributed by atoms with Crippen LogP contribution in [0, 0.1) is 0 Å². The van der Waals surface area contributed by atoms with Crippen LogP contribution in [0.25, 0.3) is 0 Å². The number of alkyl halides is 3. The molecule has 0 aliphatic carbocycles. The zero-order valence-corrected chi connectivity index (χ0v) is 10.7. The number of oxazole rings is 1. The molecule has 2 amide bonds. The first-order valence-corrected chi connectivity index (χ1v) is 5.73. The maximum atomic E-state index is 12.0. The molecule has 2 aromatic heterocycles. The Kier molecular flexibility index (Phi) is 4.34. The molecule has 116 valence electrons. The van der Waals surface area contributed by atoms with Crippen LogP contribution in [0.2, 0.25) is 0 Å². The smallest absolute Gasteiger partial charge is 0.405 e. The Hall–Kier alpha value is -2.98. The van der Waals surface area contributed by atoms with Crippen LogP contribution in [0.5, 0.6) is 0 Å². The molecule has 0 radical (unpaired) electrons. The molecule has 2 N–H and O–H groups in total. The lowest BCUT2D eigenvalue weighted by Gasteiger charge is -2.06. The molecule has 2 rings (SSSR count). The lowest BCUT2D eigenvalue weighted by molar-refractivity contribution is -0.123. The minimum absolute atomic E-state index is 0.0243. The normalized spacial score (nSPS) is 11.0. The summed E-state index contributed by atoms with van der Waals surface area (Å²) in [5.74, 6) is -1.78. The number of aromatic nitrogens is 3. The number of hydrogen-bond acceptors (Lipinski definition) is 6. The predicted octanol–water partition coefficient (Wildman–Crippen LogP) is 1.01. The number of nitrogens with zero attached hydrogens (tertiary/aromatic N) is 3. The van der Waals surface area contributed by atoms with Crippen molar-refractivity contribution in [2.24, 2.45) is 0 Å². The van der Waals surface area contributed by atoms with Crippen LogP contribution in [-0.2, 0) is 0 Å². The van der Waals surface area contributed by atoms with E-state index in [9.17, 15) is 22.8 Å². The molecule has 0 saturated heterocycles. The maximum absolute atomic E-state index is 12.0. The fraction of sp³-hybridized carbons (Fsp3) is 0.182. The Morgan fingerprint density at radius 2 is 1.95 bits per heavy atom. The third kappa shape index (κ3) is 4.26. The van der Waals surface area contributed by atoms with Crippen LogP contribution >= 0.6 is 0 Å². The summed E-state index contributed by atoms with van der Waals surface area (Å²) in [4.78, 5) is 34.0. The van der Waals surface area contributed by atoms with E-state index >= 15 is 0 Å². The summed E-state index contributed by atoms with van der Waals surface area (Å²) in [5, 5.41) is 3.80. The minimum Gasteiger partial charge on any atom is -0.431 e. The molecule has 2 aromatic rings. The van der Waals surface area contributed by atoms with Gasteiger partial charge in [0.1, 0.15) is 18.5 Å². The number of anilines is 1. The van der Waals surface area contributed by atoms with Crippen LogP contribution in [0.4, 0.5) is 19.2 Å². The zero-order chi connectivity index (χ0) is 16.2. The number of nitrogens with one attached hydrogen (secondary N) is 2. The predicted molar refractivity (Wildman–Crippen MR) is 64.9 cm³/mol. The maximum Gasteiger partial charge on any atom is 0.405 e. The summed E-state index contributed by atoms with van der Waals surface area (Å²) in [6.07, 6.45) is 0.126.